The van der Waals surface area contributed by atoms with Crippen LogP contribution in [0.1, 0.15) is 17.7 Å². The van der Waals surface area contributed by atoms with Crippen molar-refractivity contribution in [3.63, 3.8) is 0 Å². The maximum Gasteiger partial charge on any atom is 0.306 e. The highest BCUT2D eigenvalue weighted by Crippen LogP contribution is 2.30. The number of pyridine rings is 1. The minimum Gasteiger partial charge on any atom is -0.491 e. The molecule has 1 aromatic heterocycles. The van der Waals surface area contributed by atoms with Gasteiger partial charge in [0.05, 0.1) is 29.3 Å². The normalized spacial score (nSPS) is 10.7. The highest BCUT2D eigenvalue weighted by atomic mass is 35.5. The van der Waals surface area contributed by atoms with Gasteiger partial charge in [0.1, 0.15) is 30.5 Å². The summed E-state index contributed by atoms with van der Waals surface area (Å²) in [5.41, 5.74) is 2.52. The zero-order valence-electron chi connectivity index (χ0n) is 17.7. The van der Waals surface area contributed by atoms with Crippen molar-refractivity contribution in [1.29, 1.82) is 0 Å². The van der Waals surface area contributed by atoms with Crippen LogP contribution in [0.3, 0.4) is 0 Å². The number of carboxylic acids is 1. The molecule has 0 spiro atoms. The number of ether oxygens (including phenoxy) is 3. The van der Waals surface area contributed by atoms with Crippen LogP contribution in [0, 0.1) is 0 Å². The molecule has 0 amide bonds. The first-order valence-corrected chi connectivity index (χ1v) is 10.8. The van der Waals surface area contributed by atoms with Crippen molar-refractivity contribution in [3.05, 3.63) is 95.1 Å². The third-order valence-corrected chi connectivity index (χ3v) is 5.17. The van der Waals surface area contributed by atoms with Crippen LogP contribution >= 0.6 is 11.6 Å². The molecule has 7 heteroatoms. The predicted octanol–water partition coefficient (Wildman–Crippen LogP) is 5.90. The van der Waals surface area contributed by atoms with Gasteiger partial charge in [0.15, 0.2) is 0 Å². The fourth-order valence-corrected chi connectivity index (χ4v) is 3.46. The molecule has 4 aromatic rings. The van der Waals surface area contributed by atoms with Crippen molar-refractivity contribution >= 4 is 28.5 Å². The number of hydrogen-bond acceptors (Lipinski definition) is 5. The van der Waals surface area contributed by atoms with Crippen LogP contribution in [0.25, 0.3) is 10.9 Å². The average molecular weight is 464 g/mol. The van der Waals surface area contributed by atoms with Gasteiger partial charge in [-0.15, -0.1) is 0 Å². The molecule has 33 heavy (non-hydrogen) atoms. The number of benzene rings is 3. The molecule has 0 saturated heterocycles. The van der Waals surface area contributed by atoms with Crippen molar-refractivity contribution < 1.29 is 24.1 Å². The largest absolute Gasteiger partial charge is 0.491 e. The Balaban J connectivity index is 1.33. The molecule has 0 fully saturated rings. The van der Waals surface area contributed by atoms with Gasteiger partial charge in [0, 0.05) is 10.9 Å². The van der Waals surface area contributed by atoms with Gasteiger partial charge < -0.3 is 19.3 Å². The quantitative estimate of drug-likeness (QED) is 0.315. The number of para-hydroxylation sites is 2. The van der Waals surface area contributed by atoms with Crippen LogP contribution in [0.15, 0.2) is 78.9 Å². The van der Waals surface area contributed by atoms with E-state index >= 15 is 0 Å². The summed E-state index contributed by atoms with van der Waals surface area (Å²) in [6.45, 7) is 0.624. The smallest absolute Gasteiger partial charge is 0.306 e. The number of aromatic nitrogens is 1. The second-order valence-electron chi connectivity index (χ2n) is 7.26. The lowest BCUT2D eigenvalue weighted by Crippen LogP contribution is -2.07. The second-order valence-corrected chi connectivity index (χ2v) is 7.67. The number of halogens is 1. The van der Waals surface area contributed by atoms with E-state index < -0.39 is 5.97 Å². The number of carbonyl (C=O) groups is 1. The molecule has 0 unspecified atom stereocenters. The van der Waals surface area contributed by atoms with Crippen LogP contribution in [0.5, 0.6) is 17.2 Å². The van der Waals surface area contributed by atoms with Crippen molar-refractivity contribution in [1.82, 2.24) is 4.98 Å². The van der Waals surface area contributed by atoms with Crippen molar-refractivity contribution in [2.75, 3.05) is 6.61 Å². The Bertz CT molecular complexity index is 1240. The number of nitrogens with zero attached hydrogens (tertiary/aromatic N) is 1. The number of hydrogen-bond donors (Lipinski definition) is 1. The van der Waals surface area contributed by atoms with Crippen molar-refractivity contribution in [2.45, 2.75) is 19.6 Å². The summed E-state index contributed by atoms with van der Waals surface area (Å²) in [4.78, 5) is 15.3. The van der Waals surface area contributed by atoms with Gasteiger partial charge in [-0.2, -0.15) is 0 Å². The topological polar surface area (TPSA) is 77.9 Å². The van der Waals surface area contributed by atoms with E-state index in [1.54, 1.807) is 12.1 Å². The number of fused-ring (bicyclic) bond motifs is 1. The van der Waals surface area contributed by atoms with Gasteiger partial charge in [0.2, 0.25) is 0 Å². The van der Waals surface area contributed by atoms with Gasteiger partial charge in [0.25, 0.3) is 0 Å². The van der Waals surface area contributed by atoms with Gasteiger partial charge in [-0.05, 0) is 42.5 Å². The van der Waals surface area contributed by atoms with E-state index in [9.17, 15) is 4.79 Å². The summed E-state index contributed by atoms with van der Waals surface area (Å²) in [6, 6.07) is 24.6. The van der Waals surface area contributed by atoms with Crippen LogP contribution < -0.4 is 14.2 Å². The zero-order valence-corrected chi connectivity index (χ0v) is 18.5. The average Bonchev–Trinajstić information content (AvgIpc) is 2.83. The van der Waals surface area contributed by atoms with E-state index in [1.165, 1.54) is 0 Å². The summed E-state index contributed by atoms with van der Waals surface area (Å²) >= 11 is 6.22. The zero-order chi connectivity index (χ0) is 23.0. The molecule has 1 heterocycles. The van der Waals surface area contributed by atoms with E-state index in [-0.39, 0.29) is 19.6 Å². The van der Waals surface area contributed by atoms with Gasteiger partial charge in [-0.3, -0.25) is 4.79 Å². The third kappa shape index (κ3) is 6.14. The van der Waals surface area contributed by atoms with Gasteiger partial charge in [-0.25, -0.2) is 4.98 Å². The molecule has 0 atom stereocenters. The van der Waals surface area contributed by atoms with Crippen molar-refractivity contribution in [2.24, 2.45) is 0 Å². The second kappa shape index (κ2) is 10.7. The maximum atomic E-state index is 10.7. The standard InChI is InChI=1S/C26H22ClNO5/c27-23-6-3-5-19(26(23)31-15-14-25(29)30)16-32-21-10-12-22(13-11-21)33-17-20-9-8-18-4-1-2-7-24(18)28-20/h1-13H,14-17H2,(H,29,30). The van der Waals surface area contributed by atoms with E-state index in [4.69, 9.17) is 30.9 Å². The van der Waals surface area contributed by atoms with Crippen LogP contribution in [0.2, 0.25) is 5.02 Å². The fourth-order valence-electron chi connectivity index (χ4n) is 3.21. The lowest BCUT2D eigenvalue weighted by atomic mass is 10.2. The van der Waals surface area contributed by atoms with Gasteiger partial charge >= 0.3 is 5.97 Å². The monoisotopic (exact) mass is 463 g/mol. The van der Waals surface area contributed by atoms with Gasteiger partial charge in [-0.1, -0.05) is 48.0 Å². The van der Waals surface area contributed by atoms with E-state index in [1.807, 2.05) is 66.7 Å². The molecular weight excluding hydrogens is 442 g/mol. The summed E-state index contributed by atoms with van der Waals surface area (Å²) in [6.07, 6.45) is -0.109. The highest BCUT2D eigenvalue weighted by molar-refractivity contribution is 6.32. The molecule has 0 radical (unpaired) electrons. The lowest BCUT2D eigenvalue weighted by molar-refractivity contribution is -0.137. The molecular formula is C26H22ClNO5. The first-order valence-electron chi connectivity index (χ1n) is 10.4. The maximum absolute atomic E-state index is 10.7. The van der Waals surface area contributed by atoms with Crippen LogP contribution in [-0.2, 0) is 18.0 Å². The number of aliphatic carboxylic acids is 1. The molecule has 1 N–H and O–H groups in total. The molecule has 0 saturated carbocycles. The van der Waals surface area contributed by atoms with E-state index in [0.717, 1.165) is 22.2 Å². The van der Waals surface area contributed by atoms with Crippen LogP contribution in [0.4, 0.5) is 0 Å². The first kappa shape index (κ1) is 22.4. The Morgan fingerprint density at radius 1 is 0.818 bits per heavy atom. The van der Waals surface area contributed by atoms with E-state index in [2.05, 4.69) is 4.98 Å². The highest BCUT2D eigenvalue weighted by Gasteiger charge is 2.10. The predicted molar refractivity (Wildman–Crippen MR) is 126 cm³/mol. The molecule has 0 aliphatic rings. The number of carboxylic acid groups (broad SMARTS) is 1. The molecule has 6 nitrogen and oxygen atoms in total. The minimum atomic E-state index is -0.932. The molecule has 0 bridgehead atoms. The summed E-state index contributed by atoms with van der Waals surface area (Å²) in [5, 5.41) is 10.3. The molecule has 4 rings (SSSR count). The Labute approximate surface area is 196 Å². The first-order chi connectivity index (χ1) is 16.1. The number of rotatable bonds is 10. The molecule has 168 valence electrons. The summed E-state index contributed by atoms with van der Waals surface area (Å²) < 4.78 is 17.3. The third-order valence-electron chi connectivity index (χ3n) is 4.87. The Kier molecular flexibility index (Phi) is 7.27. The lowest BCUT2D eigenvalue weighted by Gasteiger charge is -2.14. The molecule has 0 aliphatic carbocycles. The molecule has 3 aromatic carbocycles. The summed E-state index contributed by atoms with van der Waals surface area (Å²) in [7, 11) is 0. The van der Waals surface area contributed by atoms with E-state index in [0.29, 0.717) is 28.9 Å². The fraction of sp³-hybridized carbons (Fsp3) is 0.154. The molecule has 0 aliphatic heterocycles. The summed E-state index contributed by atoms with van der Waals surface area (Å²) in [5.74, 6) is 0.863. The SMILES string of the molecule is O=C(O)CCOc1c(Cl)cccc1COc1ccc(OCc2ccc3ccccc3n2)cc1. The van der Waals surface area contributed by atoms with Crippen LogP contribution in [-0.4, -0.2) is 22.7 Å². The Morgan fingerprint density at radius 2 is 1.55 bits per heavy atom. The van der Waals surface area contributed by atoms with Crippen molar-refractivity contribution in [3.8, 4) is 17.2 Å². The Morgan fingerprint density at radius 3 is 2.30 bits per heavy atom. The minimum absolute atomic E-state index is 0.0319. The Hall–Kier alpha value is -3.77.